The molecule has 2 bridgehead atoms. The molecule has 2 N–H and O–H groups in total. The fourth-order valence-corrected chi connectivity index (χ4v) is 4.48. The summed E-state index contributed by atoms with van der Waals surface area (Å²) in [6.45, 7) is 2.68. The van der Waals surface area contributed by atoms with Crippen molar-refractivity contribution < 1.29 is 9.59 Å². The van der Waals surface area contributed by atoms with Crippen LogP contribution in [0.1, 0.15) is 55.8 Å². The molecule has 0 aliphatic heterocycles. The molecule has 0 radical (unpaired) electrons. The van der Waals surface area contributed by atoms with Crippen LogP contribution in [-0.4, -0.2) is 24.4 Å². The average Bonchev–Trinajstić information content (AvgIpc) is 3.22. The van der Waals surface area contributed by atoms with Crippen molar-refractivity contribution in [3.63, 3.8) is 0 Å². The van der Waals surface area contributed by atoms with Gasteiger partial charge in [0.2, 0.25) is 5.91 Å². The molecule has 0 aromatic heterocycles. The third kappa shape index (κ3) is 4.16. The molecule has 24 heavy (non-hydrogen) atoms. The molecule has 0 spiro atoms. The van der Waals surface area contributed by atoms with E-state index in [4.69, 9.17) is 0 Å². The summed E-state index contributed by atoms with van der Waals surface area (Å²) < 4.78 is 0. The highest BCUT2D eigenvalue weighted by molar-refractivity contribution is 5.94. The number of benzene rings is 1. The highest BCUT2D eigenvalue weighted by Gasteiger charge is 2.41. The Kier molecular flexibility index (Phi) is 5.54. The van der Waals surface area contributed by atoms with Crippen LogP contribution in [0.4, 0.5) is 0 Å². The molecule has 4 atom stereocenters. The molecule has 2 saturated carbocycles. The highest BCUT2D eigenvalue weighted by Crippen LogP contribution is 2.49. The molecule has 2 aliphatic carbocycles. The Balaban J connectivity index is 1.32. The third-order valence-corrected chi connectivity index (χ3v) is 5.73. The van der Waals surface area contributed by atoms with Gasteiger partial charge in [-0.3, -0.25) is 9.59 Å². The van der Waals surface area contributed by atoms with Crippen LogP contribution in [0.2, 0.25) is 0 Å². The van der Waals surface area contributed by atoms with Crippen molar-refractivity contribution in [2.75, 3.05) is 6.54 Å². The molecule has 1 aromatic rings. The predicted molar refractivity (Wildman–Crippen MR) is 94.6 cm³/mol. The van der Waals surface area contributed by atoms with E-state index in [0.29, 0.717) is 30.9 Å². The van der Waals surface area contributed by atoms with E-state index in [1.54, 1.807) is 12.1 Å². The summed E-state index contributed by atoms with van der Waals surface area (Å²) >= 11 is 0. The molecule has 4 nitrogen and oxygen atoms in total. The smallest absolute Gasteiger partial charge is 0.251 e. The summed E-state index contributed by atoms with van der Waals surface area (Å²) in [5.74, 6) is 2.44. The Morgan fingerprint density at radius 1 is 1.17 bits per heavy atom. The van der Waals surface area contributed by atoms with Gasteiger partial charge in [0, 0.05) is 24.6 Å². The van der Waals surface area contributed by atoms with Gasteiger partial charge in [-0.05, 0) is 62.5 Å². The quantitative estimate of drug-likeness (QED) is 0.756. The van der Waals surface area contributed by atoms with Gasteiger partial charge in [0.05, 0.1) is 0 Å². The van der Waals surface area contributed by atoms with E-state index >= 15 is 0 Å². The number of fused-ring (bicyclic) bond motifs is 2. The molecule has 2 fully saturated rings. The van der Waals surface area contributed by atoms with Gasteiger partial charge < -0.3 is 10.6 Å². The van der Waals surface area contributed by atoms with Crippen LogP contribution in [0.25, 0.3) is 0 Å². The topological polar surface area (TPSA) is 58.2 Å². The summed E-state index contributed by atoms with van der Waals surface area (Å²) in [5.41, 5.74) is 0.659. The first-order chi connectivity index (χ1) is 11.6. The molecular weight excluding hydrogens is 300 g/mol. The molecular formula is C20H28N2O2. The Morgan fingerprint density at radius 2 is 1.96 bits per heavy atom. The van der Waals surface area contributed by atoms with Crippen molar-refractivity contribution in [2.24, 2.45) is 17.8 Å². The van der Waals surface area contributed by atoms with Gasteiger partial charge in [0.1, 0.15) is 0 Å². The Morgan fingerprint density at radius 3 is 2.62 bits per heavy atom. The maximum atomic E-state index is 12.1. The van der Waals surface area contributed by atoms with E-state index < -0.39 is 0 Å². The van der Waals surface area contributed by atoms with Crippen LogP contribution in [0, 0.1) is 17.8 Å². The Labute approximate surface area is 144 Å². The zero-order valence-corrected chi connectivity index (χ0v) is 14.5. The van der Waals surface area contributed by atoms with Gasteiger partial charge in [-0.2, -0.15) is 0 Å². The number of carbonyl (C=O) groups excluding carboxylic acids is 2. The largest absolute Gasteiger partial charge is 0.353 e. The van der Waals surface area contributed by atoms with E-state index in [1.807, 2.05) is 18.2 Å². The van der Waals surface area contributed by atoms with E-state index in [2.05, 4.69) is 17.6 Å². The summed E-state index contributed by atoms with van der Waals surface area (Å²) in [4.78, 5) is 24.0. The molecule has 2 aliphatic rings. The number of carbonyl (C=O) groups is 2. The van der Waals surface area contributed by atoms with Gasteiger partial charge in [-0.1, -0.05) is 24.6 Å². The zero-order chi connectivity index (χ0) is 16.9. The molecule has 0 heterocycles. The molecule has 3 rings (SSSR count). The predicted octanol–water partition coefficient (Wildman–Crippen LogP) is 3.14. The average molecular weight is 328 g/mol. The first-order valence-electron chi connectivity index (χ1n) is 9.26. The minimum Gasteiger partial charge on any atom is -0.353 e. The van der Waals surface area contributed by atoms with Gasteiger partial charge in [-0.15, -0.1) is 0 Å². The van der Waals surface area contributed by atoms with Crippen molar-refractivity contribution in [3.05, 3.63) is 35.9 Å². The molecule has 2 amide bonds. The first kappa shape index (κ1) is 17.0. The monoisotopic (exact) mass is 328 g/mol. The summed E-state index contributed by atoms with van der Waals surface area (Å²) in [7, 11) is 0. The van der Waals surface area contributed by atoms with Gasteiger partial charge in [0.15, 0.2) is 0 Å². The first-order valence-corrected chi connectivity index (χ1v) is 9.26. The Bertz CT molecular complexity index is 572. The second-order valence-electron chi connectivity index (χ2n) is 7.42. The fraction of sp³-hybridized carbons (Fsp3) is 0.600. The van der Waals surface area contributed by atoms with Gasteiger partial charge in [0.25, 0.3) is 5.91 Å². The number of hydrogen-bond donors (Lipinski definition) is 2. The van der Waals surface area contributed by atoms with Crippen molar-refractivity contribution in [1.82, 2.24) is 10.6 Å². The number of amides is 2. The standard InChI is InChI=1S/C20H28N2O2/c1-14(18-13-15-9-10-17(18)12-15)22-19(23)8-5-11-21-20(24)16-6-3-2-4-7-16/h2-4,6-7,14-15,17-18H,5,8-13H2,1H3,(H,21,24)(H,22,23). The van der Waals surface area contributed by atoms with Crippen LogP contribution < -0.4 is 10.6 Å². The van der Waals surface area contributed by atoms with E-state index in [9.17, 15) is 9.59 Å². The van der Waals surface area contributed by atoms with Crippen LogP contribution in [0.5, 0.6) is 0 Å². The number of rotatable bonds is 7. The maximum Gasteiger partial charge on any atom is 0.251 e. The number of hydrogen-bond acceptors (Lipinski definition) is 2. The molecule has 4 unspecified atom stereocenters. The molecule has 4 heteroatoms. The SMILES string of the molecule is CC(NC(=O)CCCNC(=O)c1ccccc1)C1CC2CCC1C2. The van der Waals surface area contributed by atoms with Crippen molar-refractivity contribution >= 4 is 11.8 Å². The lowest BCUT2D eigenvalue weighted by Gasteiger charge is -2.28. The molecule has 1 aromatic carbocycles. The summed E-state index contributed by atoms with van der Waals surface area (Å²) in [6.07, 6.45) is 6.55. The Hall–Kier alpha value is -1.84. The zero-order valence-electron chi connectivity index (χ0n) is 14.5. The number of nitrogens with one attached hydrogen (secondary N) is 2. The van der Waals surface area contributed by atoms with Crippen LogP contribution in [-0.2, 0) is 4.79 Å². The third-order valence-electron chi connectivity index (χ3n) is 5.73. The second-order valence-corrected chi connectivity index (χ2v) is 7.42. The van der Waals surface area contributed by atoms with Crippen molar-refractivity contribution in [3.8, 4) is 0 Å². The fourth-order valence-electron chi connectivity index (χ4n) is 4.48. The van der Waals surface area contributed by atoms with Crippen LogP contribution >= 0.6 is 0 Å². The van der Waals surface area contributed by atoms with Crippen molar-refractivity contribution in [1.29, 1.82) is 0 Å². The van der Waals surface area contributed by atoms with Crippen LogP contribution in [0.15, 0.2) is 30.3 Å². The maximum absolute atomic E-state index is 12.1. The van der Waals surface area contributed by atoms with Gasteiger partial charge >= 0.3 is 0 Å². The van der Waals surface area contributed by atoms with Crippen molar-refractivity contribution in [2.45, 2.75) is 51.5 Å². The van der Waals surface area contributed by atoms with E-state index in [0.717, 1.165) is 11.8 Å². The lowest BCUT2D eigenvalue weighted by Crippen LogP contribution is -2.40. The normalized spacial score (nSPS) is 26.1. The van der Waals surface area contributed by atoms with E-state index in [1.165, 1.54) is 25.7 Å². The summed E-state index contributed by atoms with van der Waals surface area (Å²) in [6, 6.07) is 9.45. The minimum absolute atomic E-state index is 0.0774. The lowest BCUT2D eigenvalue weighted by molar-refractivity contribution is -0.122. The summed E-state index contributed by atoms with van der Waals surface area (Å²) in [5, 5.41) is 6.04. The van der Waals surface area contributed by atoms with E-state index in [-0.39, 0.29) is 17.9 Å². The van der Waals surface area contributed by atoms with Crippen LogP contribution in [0.3, 0.4) is 0 Å². The molecule has 0 saturated heterocycles. The second kappa shape index (κ2) is 7.82. The van der Waals surface area contributed by atoms with Gasteiger partial charge in [-0.25, -0.2) is 0 Å². The highest BCUT2D eigenvalue weighted by atomic mass is 16.2. The lowest BCUT2D eigenvalue weighted by atomic mass is 9.84. The molecule has 130 valence electrons. The minimum atomic E-state index is -0.0774.